The number of rotatable bonds is 8. The van der Waals surface area contributed by atoms with Crippen LogP contribution in [0.4, 0.5) is 5.69 Å². The molecule has 1 heterocycles. The fourth-order valence-electron chi connectivity index (χ4n) is 2.61. The Bertz CT molecular complexity index is 1130. The Balaban J connectivity index is 1.67. The van der Waals surface area contributed by atoms with Crippen molar-refractivity contribution in [3.05, 3.63) is 53.6 Å². The van der Waals surface area contributed by atoms with E-state index in [1.165, 1.54) is 32.4 Å². The van der Waals surface area contributed by atoms with Crippen LogP contribution in [0.25, 0.3) is 11.5 Å². The number of nitrogens with one attached hydrogen (secondary N) is 1. The predicted molar refractivity (Wildman–Crippen MR) is 115 cm³/mol. The predicted octanol–water partition coefficient (Wildman–Crippen LogP) is 3.05. The van der Waals surface area contributed by atoms with Crippen molar-refractivity contribution in [2.24, 2.45) is 0 Å². The van der Waals surface area contributed by atoms with Gasteiger partial charge in [0.2, 0.25) is 11.8 Å². The van der Waals surface area contributed by atoms with E-state index < -0.39 is 17.8 Å². The van der Waals surface area contributed by atoms with E-state index in [0.717, 1.165) is 11.8 Å². The summed E-state index contributed by atoms with van der Waals surface area (Å²) in [6.45, 7) is 0. The number of aromatic nitrogens is 2. The summed E-state index contributed by atoms with van der Waals surface area (Å²) in [6.07, 6.45) is 0. The van der Waals surface area contributed by atoms with E-state index in [-0.39, 0.29) is 27.8 Å². The van der Waals surface area contributed by atoms with Crippen molar-refractivity contribution >= 4 is 35.3 Å². The second-order valence-corrected chi connectivity index (χ2v) is 7.11. The standard InChI is InChI=1S/C21H19N3O7S/c1-28-14-7-4-12(5-8-14)18-23-24-21(31-18)32-11-17(25)22-16-10-13(19(26)29-2)6-9-15(16)20(27)30-3/h4-10H,11H2,1-3H3,(H,22,25). The Morgan fingerprint density at radius 3 is 2.34 bits per heavy atom. The van der Waals surface area contributed by atoms with Crippen molar-refractivity contribution in [2.75, 3.05) is 32.4 Å². The number of hydrogen-bond donors (Lipinski definition) is 1. The Hall–Kier alpha value is -3.86. The lowest BCUT2D eigenvalue weighted by atomic mass is 10.1. The van der Waals surface area contributed by atoms with Gasteiger partial charge in [0.05, 0.1) is 43.9 Å². The van der Waals surface area contributed by atoms with Crippen molar-refractivity contribution in [1.82, 2.24) is 10.2 Å². The zero-order valence-electron chi connectivity index (χ0n) is 17.4. The molecule has 1 N–H and O–H groups in total. The zero-order chi connectivity index (χ0) is 23.1. The smallest absolute Gasteiger partial charge is 0.339 e. The van der Waals surface area contributed by atoms with Gasteiger partial charge in [0.1, 0.15) is 5.75 Å². The quantitative estimate of drug-likeness (QED) is 0.398. The van der Waals surface area contributed by atoms with Gasteiger partial charge in [0.15, 0.2) is 0 Å². The summed E-state index contributed by atoms with van der Waals surface area (Å²) < 4.78 is 20.1. The van der Waals surface area contributed by atoms with Crippen LogP contribution in [-0.4, -0.2) is 55.1 Å². The van der Waals surface area contributed by atoms with Crippen molar-refractivity contribution in [1.29, 1.82) is 0 Å². The summed E-state index contributed by atoms with van der Waals surface area (Å²) >= 11 is 1.02. The molecule has 0 radical (unpaired) electrons. The first-order valence-electron chi connectivity index (χ1n) is 9.16. The Labute approximate surface area is 187 Å². The number of amides is 1. The molecule has 3 rings (SSSR count). The van der Waals surface area contributed by atoms with Gasteiger partial charge in [-0.3, -0.25) is 4.79 Å². The average molecular weight is 457 g/mol. The highest BCUT2D eigenvalue weighted by Gasteiger charge is 2.18. The number of carbonyl (C=O) groups is 3. The number of methoxy groups -OCH3 is 3. The van der Waals surface area contributed by atoms with E-state index in [0.29, 0.717) is 17.2 Å². The third-order valence-electron chi connectivity index (χ3n) is 4.19. The van der Waals surface area contributed by atoms with Gasteiger partial charge in [0, 0.05) is 5.56 Å². The van der Waals surface area contributed by atoms with Gasteiger partial charge in [-0.25, -0.2) is 9.59 Å². The second-order valence-electron chi connectivity index (χ2n) is 6.18. The van der Waals surface area contributed by atoms with Gasteiger partial charge in [-0.05, 0) is 42.5 Å². The molecule has 0 saturated carbocycles. The van der Waals surface area contributed by atoms with Crippen molar-refractivity contribution < 1.29 is 33.0 Å². The van der Waals surface area contributed by atoms with Gasteiger partial charge in [-0.2, -0.15) is 0 Å². The van der Waals surface area contributed by atoms with Crippen LogP contribution >= 0.6 is 11.8 Å². The maximum absolute atomic E-state index is 12.4. The number of carbonyl (C=O) groups excluding carboxylic acids is 3. The third kappa shape index (κ3) is 5.43. The van der Waals surface area contributed by atoms with E-state index in [1.54, 1.807) is 31.4 Å². The lowest BCUT2D eigenvalue weighted by Gasteiger charge is -2.11. The molecule has 32 heavy (non-hydrogen) atoms. The van der Waals surface area contributed by atoms with Crippen molar-refractivity contribution in [3.63, 3.8) is 0 Å². The summed E-state index contributed by atoms with van der Waals surface area (Å²) in [4.78, 5) is 36.2. The average Bonchev–Trinajstić information content (AvgIpc) is 3.31. The lowest BCUT2D eigenvalue weighted by Crippen LogP contribution is -2.18. The minimum absolute atomic E-state index is 0.0761. The summed E-state index contributed by atoms with van der Waals surface area (Å²) in [7, 11) is 4.02. The van der Waals surface area contributed by atoms with Crippen LogP contribution in [0.2, 0.25) is 0 Å². The molecular weight excluding hydrogens is 438 g/mol. The number of anilines is 1. The summed E-state index contributed by atoms with van der Waals surface area (Å²) in [5, 5.41) is 10.7. The van der Waals surface area contributed by atoms with Gasteiger partial charge >= 0.3 is 11.9 Å². The molecule has 0 aliphatic heterocycles. The maximum Gasteiger partial charge on any atom is 0.339 e. The molecule has 1 aromatic heterocycles. The molecule has 0 spiro atoms. The lowest BCUT2D eigenvalue weighted by molar-refractivity contribution is -0.113. The molecule has 3 aromatic rings. The van der Waals surface area contributed by atoms with E-state index in [9.17, 15) is 14.4 Å². The first-order valence-corrected chi connectivity index (χ1v) is 10.1. The first-order chi connectivity index (χ1) is 15.4. The van der Waals surface area contributed by atoms with Gasteiger partial charge in [-0.15, -0.1) is 10.2 Å². The molecule has 0 bridgehead atoms. The van der Waals surface area contributed by atoms with E-state index in [1.807, 2.05) is 0 Å². The topological polar surface area (TPSA) is 130 Å². The maximum atomic E-state index is 12.4. The number of ether oxygens (including phenoxy) is 3. The number of benzene rings is 2. The minimum Gasteiger partial charge on any atom is -0.497 e. The minimum atomic E-state index is -0.662. The van der Waals surface area contributed by atoms with Crippen LogP contribution < -0.4 is 10.1 Å². The fourth-order valence-corrected chi connectivity index (χ4v) is 3.18. The van der Waals surface area contributed by atoms with Gasteiger partial charge in [-0.1, -0.05) is 11.8 Å². The number of hydrogen-bond acceptors (Lipinski definition) is 10. The van der Waals surface area contributed by atoms with Gasteiger partial charge < -0.3 is 23.9 Å². The monoisotopic (exact) mass is 457 g/mol. The number of esters is 2. The highest BCUT2D eigenvalue weighted by Crippen LogP contribution is 2.25. The molecule has 0 atom stereocenters. The largest absolute Gasteiger partial charge is 0.497 e. The van der Waals surface area contributed by atoms with E-state index in [2.05, 4.69) is 20.3 Å². The van der Waals surface area contributed by atoms with E-state index in [4.69, 9.17) is 13.9 Å². The molecule has 0 saturated heterocycles. The second kappa shape index (κ2) is 10.4. The molecule has 0 fully saturated rings. The normalized spacial score (nSPS) is 10.3. The molecule has 2 aromatic carbocycles. The van der Waals surface area contributed by atoms with Crippen LogP contribution in [0, 0.1) is 0 Å². The highest BCUT2D eigenvalue weighted by molar-refractivity contribution is 7.99. The molecule has 1 amide bonds. The molecule has 10 nitrogen and oxygen atoms in total. The molecule has 166 valence electrons. The van der Waals surface area contributed by atoms with Gasteiger partial charge in [0.25, 0.3) is 5.22 Å². The molecule has 0 unspecified atom stereocenters. The molecule has 0 aliphatic carbocycles. The fraction of sp³-hybridized carbons (Fsp3) is 0.190. The summed E-state index contributed by atoms with van der Waals surface area (Å²) in [6, 6.07) is 11.2. The number of thioether (sulfide) groups is 1. The molecular formula is C21H19N3O7S. The van der Waals surface area contributed by atoms with Crippen LogP contribution in [0.1, 0.15) is 20.7 Å². The molecule has 11 heteroatoms. The van der Waals surface area contributed by atoms with Crippen molar-refractivity contribution in [2.45, 2.75) is 5.22 Å². The zero-order valence-corrected chi connectivity index (χ0v) is 18.2. The highest BCUT2D eigenvalue weighted by atomic mass is 32.2. The Morgan fingerprint density at radius 2 is 1.69 bits per heavy atom. The summed E-state index contributed by atoms with van der Waals surface area (Å²) in [5.74, 6) is -0.802. The van der Waals surface area contributed by atoms with Crippen LogP contribution in [0.3, 0.4) is 0 Å². The Morgan fingerprint density at radius 1 is 0.969 bits per heavy atom. The van der Waals surface area contributed by atoms with Crippen LogP contribution in [-0.2, 0) is 14.3 Å². The van der Waals surface area contributed by atoms with Crippen LogP contribution in [0.15, 0.2) is 52.1 Å². The molecule has 0 aliphatic rings. The third-order valence-corrected chi connectivity index (χ3v) is 5.01. The van der Waals surface area contributed by atoms with E-state index >= 15 is 0 Å². The van der Waals surface area contributed by atoms with Crippen LogP contribution in [0.5, 0.6) is 5.75 Å². The number of nitrogens with zero attached hydrogens (tertiary/aromatic N) is 2. The Kier molecular flexibility index (Phi) is 7.45. The SMILES string of the molecule is COC(=O)c1ccc(C(=O)OC)c(NC(=O)CSc2nnc(-c3ccc(OC)cc3)o2)c1. The first kappa shape index (κ1) is 22.8. The summed E-state index contributed by atoms with van der Waals surface area (Å²) in [5.41, 5.74) is 1.09. The van der Waals surface area contributed by atoms with Crippen molar-refractivity contribution in [3.8, 4) is 17.2 Å².